The van der Waals surface area contributed by atoms with Gasteiger partial charge in [-0.1, -0.05) is 0 Å². The van der Waals surface area contributed by atoms with Gasteiger partial charge in [0.05, 0.1) is 13.2 Å². The number of carbonyl (C=O) groups is 4. The topological polar surface area (TPSA) is 510 Å². The van der Waals surface area contributed by atoms with Crippen LogP contribution in [0.2, 0.25) is 0 Å². The number of amides is 2. The lowest BCUT2D eigenvalue weighted by Crippen LogP contribution is -2.70. The van der Waals surface area contributed by atoms with Gasteiger partial charge in [0, 0.05) is 13.8 Å². The molecule has 33 nitrogen and oxygen atoms in total. The maximum atomic E-state index is 12.7. The number of aliphatic hydroxyl groups excluding tert-OH is 6. The van der Waals surface area contributed by atoms with Crippen molar-refractivity contribution >= 4 is 54.9 Å². The smallest absolute Gasteiger partial charge is 0.397 e. The van der Waals surface area contributed by atoms with Crippen molar-refractivity contribution in [3.05, 3.63) is 11.8 Å². The molecule has 0 saturated carbocycles. The van der Waals surface area contributed by atoms with E-state index in [1.165, 1.54) is 0 Å². The average Bonchev–Trinajstić information content (AvgIpc) is 3.14. The number of hydrogen-bond donors (Lipinski definition) is 13. The Morgan fingerprint density at radius 2 is 1.14 bits per heavy atom. The van der Waals surface area contributed by atoms with Gasteiger partial charge >= 0.3 is 43.1 Å². The molecule has 4 aliphatic rings. The van der Waals surface area contributed by atoms with E-state index in [-0.39, 0.29) is 0 Å². The molecule has 0 radical (unpaired) electrons. The summed E-state index contributed by atoms with van der Waals surface area (Å²) in [7, 11) is -16.4. The largest absolute Gasteiger partial charge is 0.479 e. The minimum absolute atomic E-state index is 0.550. The third kappa shape index (κ3) is 14.0. The van der Waals surface area contributed by atoms with Gasteiger partial charge in [-0.05, 0) is 6.08 Å². The molecule has 3 saturated heterocycles. The highest BCUT2D eigenvalue weighted by molar-refractivity contribution is 7.81. The van der Waals surface area contributed by atoms with E-state index < -0.39 is 184 Å². The fourth-order valence-electron chi connectivity index (χ4n) is 6.53. The Labute approximate surface area is 359 Å². The summed E-state index contributed by atoms with van der Waals surface area (Å²) >= 11 is 0. The van der Waals surface area contributed by atoms with E-state index in [1.54, 1.807) is 0 Å². The Morgan fingerprint density at radius 3 is 1.66 bits per heavy atom. The van der Waals surface area contributed by atoms with Crippen LogP contribution in [0.15, 0.2) is 11.8 Å². The number of carbonyl (C=O) groups excluding carboxylic acids is 2. The molecule has 64 heavy (non-hydrogen) atoms. The van der Waals surface area contributed by atoms with Gasteiger partial charge in [-0.3, -0.25) is 23.2 Å². The Hall–Kier alpha value is -3.45. The van der Waals surface area contributed by atoms with Crippen LogP contribution < -0.4 is 10.6 Å². The van der Waals surface area contributed by atoms with Crippen LogP contribution >= 0.6 is 0 Å². The van der Waals surface area contributed by atoms with E-state index in [9.17, 15) is 94.4 Å². The van der Waals surface area contributed by atoms with Crippen molar-refractivity contribution in [1.82, 2.24) is 10.6 Å². The monoisotopic (exact) mass is 998 g/mol. The van der Waals surface area contributed by atoms with Crippen molar-refractivity contribution < 1.29 is 145 Å². The molecule has 3 fully saturated rings. The molecule has 18 unspecified atom stereocenters. The van der Waals surface area contributed by atoms with Gasteiger partial charge in [0.1, 0.15) is 79.2 Å². The molecule has 0 spiro atoms. The summed E-state index contributed by atoms with van der Waals surface area (Å²) in [4.78, 5) is 48.9. The van der Waals surface area contributed by atoms with E-state index in [0.29, 0.717) is 6.08 Å². The van der Waals surface area contributed by atoms with Crippen LogP contribution in [0.3, 0.4) is 0 Å². The molecule has 0 aliphatic carbocycles. The third-order valence-corrected chi connectivity index (χ3v) is 10.5. The number of hydrogen-bond acceptors (Lipinski definition) is 26. The summed E-state index contributed by atoms with van der Waals surface area (Å²) in [5.74, 6) is -6.98. The molecule has 2 amide bonds. The molecule has 4 aliphatic heterocycles. The highest BCUT2D eigenvalue weighted by Gasteiger charge is 2.58. The zero-order chi connectivity index (χ0) is 48.4. The fraction of sp³-hybridized carbons (Fsp3) is 0.786. The van der Waals surface area contributed by atoms with E-state index in [0.717, 1.165) is 13.8 Å². The normalized spacial score (nSPS) is 38.6. The highest BCUT2D eigenvalue weighted by Crippen LogP contribution is 2.35. The molecule has 18 atom stereocenters. The molecule has 36 heteroatoms. The molecule has 368 valence electrons. The van der Waals surface area contributed by atoms with E-state index >= 15 is 0 Å². The van der Waals surface area contributed by atoms with Crippen molar-refractivity contribution in [2.45, 2.75) is 124 Å². The first-order chi connectivity index (χ1) is 29.4. The molecule has 13 N–H and O–H groups in total. The summed E-state index contributed by atoms with van der Waals surface area (Å²) in [5, 5.41) is 89.2. The molecule has 0 aromatic rings. The molecule has 0 bridgehead atoms. The van der Waals surface area contributed by atoms with E-state index in [1.807, 2.05) is 5.32 Å². The lowest BCUT2D eigenvalue weighted by Gasteiger charge is -2.49. The van der Waals surface area contributed by atoms with Crippen LogP contribution in [0.4, 0.5) is 0 Å². The predicted octanol–water partition coefficient (Wildman–Crippen LogP) is -8.64. The molecular weight excluding hydrogens is 956 g/mol. The van der Waals surface area contributed by atoms with Crippen LogP contribution in [0.1, 0.15) is 13.8 Å². The number of aliphatic hydroxyl groups is 6. The van der Waals surface area contributed by atoms with E-state index in [2.05, 4.69) is 17.9 Å². The third-order valence-electron chi connectivity index (χ3n) is 9.14. The second-order valence-corrected chi connectivity index (χ2v) is 17.0. The number of aliphatic carboxylic acids is 2. The van der Waals surface area contributed by atoms with Gasteiger partial charge in [0.25, 0.3) is 0 Å². The van der Waals surface area contributed by atoms with Crippen LogP contribution in [-0.2, 0) is 96.1 Å². The Balaban J connectivity index is 1.73. The van der Waals surface area contributed by atoms with Crippen molar-refractivity contribution in [3.63, 3.8) is 0 Å². The molecule has 0 aromatic carbocycles. The number of ether oxygens (including phenoxy) is 7. The fourth-order valence-corrected chi connectivity index (χ4v) is 7.66. The second-order valence-electron chi connectivity index (χ2n) is 13.8. The van der Waals surface area contributed by atoms with Crippen LogP contribution in [-0.4, -0.2) is 227 Å². The number of carboxylic acids is 2. The second kappa shape index (κ2) is 21.0. The van der Waals surface area contributed by atoms with Crippen molar-refractivity contribution in [2.75, 3.05) is 13.2 Å². The van der Waals surface area contributed by atoms with Gasteiger partial charge in [-0.15, -0.1) is 0 Å². The number of carboxylic acid groups (broad SMARTS) is 2. The summed E-state index contributed by atoms with van der Waals surface area (Å²) < 4.78 is 148. The first-order valence-corrected chi connectivity index (χ1v) is 21.8. The minimum Gasteiger partial charge on any atom is -0.479 e. The zero-order valence-electron chi connectivity index (χ0n) is 32.2. The molecule has 0 aromatic heterocycles. The lowest BCUT2D eigenvalue weighted by molar-refractivity contribution is -0.362. The molecular formula is C28H42N2O31S3. The Kier molecular flexibility index (Phi) is 17.5. The number of rotatable bonds is 18. The van der Waals surface area contributed by atoms with Gasteiger partial charge in [-0.2, -0.15) is 25.3 Å². The summed E-state index contributed by atoms with van der Waals surface area (Å²) in [5.41, 5.74) is 0. The van der Waals surface area contributed by atoms with Crippen LogP contribution in [0.25, 0.3) is 0 Å². The zero-order valence-corrected chi connectivity index (χ0v) is 34.6. The summed E-state index contributed by atoms with van der Waals surface area (Å²) in [6.07, 6.45) is -37.1. The van der Waals surface area contributed by atoms with Crippen LogP contribution in [0.5, 0.6) is 0 Å². The summed E-state index contributed by atoms with van der Waals surface area (Å²) in [6, 6.07) is -4.11. The minimum atomic E-state index is -5.67. The van der Waals surface area contributed by atoms with Crippen molar-refractivity contribution in [1.29, 1.82) is 0 Å². The van der Waals surface area contributed by atoms with Gasteiger partial charge < -0.3 is 84.6 Å². The standard InChI is InChI=1S/C28H42N2O31S3/c1-6(31)29-12-20(18(61-64(49,50)51)11(54-25(12)42)5-53-63(46,47)48)58-28-17(37)16(36)21(22(60-28)24(40)41)59-26-13(30-7(2)32)19(15(35)10(56-26)4-52-62(43,44)45)57-27-14(34)8(33)3-9(55-27)23(38)39/h3,8,10-22,25-28,33-37,42H,4-5H2,1-2H3,(H,29,31)(H,30,32)(H,38,39)(H,40,41)(H,43,44,45)(H,46,47,48)(H,49,50,51). The van der Waals surface area contributed by atoms with Crippen molar-refractivity contribution in [3.8, 4) is 0 Å². The first-order valence-electron chi connectivity index (χ1n) is 17.7. The first kappa shape index (κ1) is 53.2. The lowest BCUT2D eigenvalue weighted by atomic mass is 9.94. The van der Waals surface area contributed by atoms with Gasteiger partial charge in [-0.25, -0.2) is 22.1 Å². The predicted molar refractivity (Wildman–Crippen MR) is 188 cm³/mol. The Morgan fingerprint density at radius 1 is 0.609 bits per heavy atom. The molecule has 4 rings (SSSR count). The molecule has 4 heterocycles. The Bertz CT molecular complexity index is 2070. The number of nitrogens with one attached hydrogen (secondary N) is 2. The highest BCUT2D eigenvalue weighted by atomic mass is 32.3. The van der Waals surface area contributed by atoms with Gasteiger partial charge in [0.15, 0.2) is 25.0 Å². The quantitative estimate of drug-likeness (QED) is 0.0567. The SMILES string of the molecule is CC(=O)NC1C(OC2C(C(=O)O)OC(OC3C(NC(C)=O)C(O)OC(COS(=O)(=O)O)C3OS(=O)(=O)O)C(O)C2O)OC(COS(=O)(=O)O)C(O)C1OC1OC(C(=O)O)=CC(O)C1O. The van der Waals surface area contributed by atoms with Crippen LogP contribution in [0, 0.1) is 0 Å². The van der Waals surface area contributed by atoms with E-state index in [4.69, 9.17) is 37.7 Å². The van der Waals surface area contributed by atoms with Crippen molar-refractivity contribution in [2.24, 2.45) is 0 Å². The van der Waals surface area contributed by atoms with Gasteiger partial charge in [0.2, 0.25) is 23.9 Å². The summed E-state index contributed by atoms with van der Waals surface area (Å²) in [6.45, 7) is -1.10. The average molecular weight is 999 g/mol. The maximum Gasteiger partial charge on any atom is 0.397 e. The maximum absolute atomic E-state index is 12.7.